The summed E-state index contributed by atoms with van der Waals surface area (Å²) in [7, 11) is 1.63. The van der Waals surface area contributed by atoms with Gasteiger partial charge in [0, 0.05) is 22.7 Å². The van der Waals surface area contributed by atoms with Gasteiger partial charge in [-0.3, -0.25) is 14.5 Å². The van der Waals surface area contributed by atoms with Gasteiger partial charge < -0.3 is 14.6 Å². The van der Waals surface area contributed by atoms with Gasteiger partial charge in [0.05, 0.1) is 13.7 Å². The van der Waals surface area contributed by atoms with Gasteiger partial charge in [0.1, 0.15) is 5.75 Å². The molecule has 0 saturated carbocycles. The highest BCUT2D eigenvalue weighted by atomic mass is 16.5. The Bertz CT molecular complexity index is 1090. The van der Waals surface area contributed by atoms with E-state index in [0.717, 1.165) is 37.2 Å². The van der Waals surface area contributed by atoms with E-state index in [9.17, 15) is 9.59 Å². The number of hydrogen-bond acceptors (Lipinski definition) is 7. The zero-order valence-electron chi connectivity index (χ0n) is 18.2. The number of likely N-dealkylation sites (tertiary alicyclic amines) is 1. The van der Waals surface area contributed by atoms with Gasteiger partial charge >= 0.3 is 0 Å². The lowest BCUT2D eigenvalue weighted by molar-refractivity contribution is -0.121. The number of nitrogens with one attached hydrogen (secondary N) is 1. The van der Waals surface area contributed by atoms with Crippen LogP contribution in [0, 0.1) is 5.92 Å². The summed E-state index contributed by atoms with van der Waals surface area (Å²) in [5.41, 5.74) is 2.11. The van der Waals surface area contributed by atoms with Gasteiger partial charge in [-0.15, -0.1) is 0 Å². The Balaban J connectivity index is 1.28. The van der Waals surface area contributed by atoms with E-state index in [1.54, 1.807) is 31.4 Å². The number of piperidine rings is 1. The zero-order chi connectivity index (χ0) is 22.5. The molecular formula is C24H26N4O4. The predicted molar refractivity (Wildman–Crippen MR) is 119 cm³/mol. The lowest BCUT2D eigenvalue weighted by Crippen LogP contribution is -2.37. The first kappa shape index (κ1) is 21.7. The van der Waals surface area contributed by atoms with E-state index in [2.05, 4.69) is 20.4 Å². The van der Waals surface area contributed by atoms with Crippen LogP contribution in [0.2, 0.25) is 0 Å². The molecule has 1 aliphatic rings. The zero-order valence-corrected chi connectivity index (χ0v) is 18.2. The average Bonchev–Trinajstić information content (AvgIpc) is 3.28. The van der Waals surface area contributed by atoms with Gasteiger partial charge in [0.25, 0.3) is 0 Å². The van der Waals surface area contributed by atoms with Crippen LogP contribution in [0.3, 0.4) is 0 Å². The van der Waals surface area contributed by atoms with Gasteiger partial charge in [-0.25, -0.2) is 0 Å². The number of anilines is 1. The van der Waals surface area contributed by atoms with Gasteiger partial charge in [-0.2, -0.15) is 4.98 Å². The summed E-state index contributed by atoms with van der Waals surface area (Å²) >= 11 is 0. The minimum Gasteiger partial charge on any atom is -0.497 e. The monoisotopic (exact) mass is 434 g/mol. The van der Waals surface area contributed by atoms with Gasteiger partial charge in [-0.05, 0) is 69.3 Å². The number of Topliss-reactive ketones (excluding diaryl/α,β-unsaturated/α-hetero) is 1. The molecular weight excluding hydrogens is 408 g/mol. The maximum Gasteiger partial charge on any atom is 0.241 e. The summed E-state index contributed by atoms with van der Waals surface area (Å²) in [6, 6.07) is 14.5. The molecule has 166 valence electrons. The highest BCUT2D eigenvalue weighted by molar-refractivity contribution is 5.97. The molecule has 0 atom stereocenters. The van der Waals surface area contributed by atoms with Crippen molar-refractivity contribution < 1.29 is 18.8 Å². The van der Waals surface area contributed by atoms with Crippen molar-refractivity contribution in [3.63, 3.8) is 0 Å². The smallest absolute Gasteiger partial charge is 0.241 e. The Hall–Kier alpha value is -3.52. The number of methoxy groups -OCH3 is 1. The van der Waals surface area contributed by atoms with Crippen LogP contribution in [0.1, 0.15) is 36.0 Å². The van der Waals surface area contributed by atoms with Crippen LogP contribution < -0.4 is 10.1 Å². The fourth-order valence-corrected chi connectivity index (χ4v) is 3.78. The molecule has 2 heterocycles. The second-order valence-corrected chi connectivity index (χ2v) is 7.92. The molecule has 4 rings (SSSR count). The first-order valence-corrected chi connectivity index (χ1v) is 10.6. The molecule has 0 radical (unpaired) electrons. The fourth-order valence-electron chi connectivity index (χ4n) is 3.78. The molecule has 1 amide bonds. The van der Waals surface area contributed by atoms with Crippen LogP contribution >= 0.6 is 0 Å². The Morgan fingerprint density at radius 1 is 1.16 bits per heavy atom. The average molecular weight is 434 g/mol. The van der Waals surface area contributed by atoms with Crippen molar-refractivity contribution >= 4 is 17.4 Å². The minimum atomic E-state index is -0.0650. The van der Waals surface area contributed by atoms with Crippen LogP contribution in [-0.2, 0) is 11.3 Å². The van der Waals surface area contributed by atoms with Crippen molar-refractivity contribution in [1.29, 1.82) is 0 Å². The number of ether oxygens (including phenoxy) is 1. The summed E-state index contributed by atoms with van der Waals surface area (Å²) < 4.78 is 10.6. The molecule has 8 heteroatoms. The molecule has 0 spiro atoms. The van der Waals surface area contributed by atoms with Crippen LogP contribution in [0.4, 0.5) is 5.69 Å². The molecule has 1 aliphatic heterocycles. The standard InChI is InChI=1S/C24H26N4O4/c1-16(29)19-4-3-5-20(14-19)25-24(30)18-10-12-28(13-11-18)15-22-26-23(27-32-22)17-6-8-21(31-2)9-7-17/h3-9,14,18H,10-13,15H2,1-2H3,(H,25,30). The van der Waals surface area contributed by atoms with Crippen molar-refractivity contribution in [3.05, 3.63) is 60.0 Å². The van der Waals surface area contributed by atoms with E-state index < -0.39 is 0 Å². The van der Waals surface area contributed by atoms with E-state index in [-0.39, 0.29) is 17.6 Å². The molecule has 1 N–H and O–H groups in total. The summed E-state index contributed by atoms with van der Waals surface area (Å²) in [4.78, 5) is 30.9. The molecule has 0 unspecified atom stereocenters. The number of benzene rings is 2. The number of amides is 1. The molecule has 1 fully saturated rings. The number of aromatic nitrogens is 2. The van der Waals surface area contributed by atoms with Gasteiger partial charge in [-0.1, -0.05) is 17.3 Å². The number of carbonyl (C=O) groups is 2. The van der Waals surface area contributed by atoms with E-state index in [0.29, 0.717) is 29.5 Å². The molecule has 1 aromatic heterocycles. The second kappa shape index (κ2) is 9.74. The van der Waals surface area contributed by atoms with E-state index >= 15 is 0 Å². The lowest BCUT2D eigenvalue weighted by atomic mass is 9.95. The summed E-state index contributed by atoms with van der Waals surface area (Å²) in [6.45, 7) is 3.61. The quantitative estimate of drug-likeness (QED) is 0.565. The van der Waals surface area contributed by atoms with Crippen molar-refractivity contribution in [2.45, 2.75) is 26.3 Å². The number of hydrogen-bond donors (Lipinski definition) is 1. The maximum atomic E-state index is 12.7. The molecule has 8 nitrogen and oxygen atoms in total. The molecule has 2 aromatic carbocycles. The summed E-state index contributed by atoms with van der Waals surface area (Å²) in [5, 5.41) is 7.02. The predicted octanol–water partition coefficient (Wildman–Crippen LogP) is 3.80. The molecule has 0 bridgehead atoms. The molecule has 3 aromatic rings. The number of carbonyl (C=O) groups excluding carboxylic acids is 2. The lowest BCUT2D eigenvalue weighted by Gasteiger charge is -2.30. The maximum absolute atomic E-state index is 12.7. The summed E-state index contributed by atoms with van der Waals surface area (Å²) in [5.74, 6) is 1.78. The van der Waals surface area contributed by atoms with Crippen molar-refractivity contribution in [3.8, 4) is 17.1 Å². The Kier molecular flexibility index (Phi) is 6.61. The number of ketones is 1. The van der Waals surface area contributed by atoms with Gasteiger partial charge in [0.2, 0.25) is 17.6 Å². The third-order valence-electron chi connectivity index (χ3n) is 5.67. The Morgan fingerprint density at radius 2 is 1.91 bits per heavy atom. The third-order valence-corrected chi connectivity index (χ3v) is 5.67. The first-order chi connectivity index (χ1) is 15.5. The topological polar surface area (TPSA) is 97.6 Å². The molecule has 32 heavy (non-hydrogen) atoms. The second-order valence-electron chi connectivity index (χ2n) is 7.92. The Labute approximate surface area is 186 Å². The third kappa shape index (κ3) is 5.20. The van der Waals surface area contributed by atoms with Crippen molar-refractivity contribution in [1.82, 2.24) is 15.0 Å². The Morgan fingerprint density at radius 3 is 2.59 bits per heavy atom. The van der Waals surface area contributed by atoms with Crippen LogP contribution in [-0.4, -0.2) is 46.9 Å². The first-order valence-electron chi connectivity index (χ1n) is 10.6. The van der Waals surface area contributed by atoms with Crippen LogP contribution in [0.25, 0.3) is 11.4 Å². The largest absolute Gasteiger partial charge is 0.497 e. The normalized spacial score (nSPS) is 14.8. The van der Waals surface area contributed by atoms with E-state index in [4.69, 9.17) is 9.26 Å². The van der Waals surface area contributed by atoms with Crippen molar-refractivity contribution in [2.24, 2.45) is 5.92 Å². The van der Waals surface area contributed by atoms with E-state index in [1.165, 1.54) is 6.92 Å². The van der Waals surface area contributed by atoms with Crippen LogP contribution in [0.15, 0.2) is 53.1 Å². The number of nitrogens with zero attached hydrogens (tertiary/aromatic N) is 3. The van der Waals surface area contributed by atoms with E-state index in [1.807, 2.05) is 24.3 Å². The molecule has 0 aliphatic carbocycles. The SMILES string of the molecule is COc1ccc(-c2noc(CN3CCC(C(=O)Nc4cccc(C(C)=O)c4)CC3)n2)cc1. The molecule has 1 saturated heterocycles. The van der Waals surface area contributed by atoms with Crippen molar-refractivity contribution in [2.75, 3.05) is 25.5 Å². The highest BCUT2D eigenvalue weighted by Crippen LogP contribution is 2.23. The summed E-state index contributed by atoms with van der Waals surface area (Å²) in [6.07, 6.45) is 1.50. The number of rotatable bonds is 7. The minimum absolute atomic E-state index is 0.00932. The van der Waals surface area contributed by atoms with Gasteiger partial charge in [0.15, 0.2) is 5.78 Å². The highest BCUT2D eigenvalue weighted by Gasteiger charge is 2.26. The van der Waals surface area contributed by atoms with Crippen LogP contribution in [0.5, 0.6) is 5.75 Å². The fraction of sp³-hybridized carbons (Fsp3) is 0.333.